The number of hydrogen-bond acceptors (Lipinski definition) is 5. The van der Waals surface area contributed by atoms with Crippen LogP contribution in [0.2, 0.25) is 0 Å². The Morgan fingerprint density at radius 3 is 2.29 bits per heavy atom. The van der Waals surface area contributed by atoms with E-state index in [1.807, 2.05) is 6.92 Å². The number of nitrogens with one attached hydrogen (secondary N) is 1. The zero-order valence-corrected chi connectivity index (χ0v) is 13.9. The molecule has 0 aromatic carbocycles. The second kappa shape index (κ2) is 10.4. The number of rotatable bonds is 9. The summed E-state index contributed by atoms with van der Waals surface area (Å²) in [6, 6.07) is 0. The van der Waals surface area contributed by atoms with Crippen LogP contribution in [-0.4, -0.2) is 38.2 Å². The molecular formula is C16H29NO4. The van der Waals surface area contributed by atoms with E-state index in [0.717, 1.165) is 0 Å². The van der Waals surface area contributed by atoms with Gasteiger partial charge in [0.05, 0.1) is 19.6 Å². The van der Waals surface area contributed by atoms with Gasteiger partial charge in [0.25, 0.3) is 0 Å². The second-order valence-electron chi connectivity index (χ2n) is 5.88. The van der Waals surface area contributed by atoms with Gasteiger partial charge in [0.2, 0.25) is 0 Å². The molecule has 1 unspecified atom stereocenters. The van der Waals surface area contributed by atoms with Gasteiger partial charge >= 0.3 is 11.9 Å². The molecule has 0 aliphatic heterocycles. The van der Waals surface area contributed by atoms with Crippen molar-refractivity contribution in [2.75, 3.05) is 26.3 Å². The fourth-order valence-corrected chi connectivity index (χ4v) is 1.79. The predicted molar refractivity (Wildman–Crippen MR) is 82.8 cm³/mol. The van der Waals surface area contributed by atoms with Gasteiger partial charge in [-0.25, -0.2) is 4.79 Å². The van der Waals surface area contributed by atoms with Crippen molar-refractivity contribution in [1.82, 2.24) is 5.32 Å². The summed E-state index contributed by atoms with van der Waals surface area (Å²) in [5, 5.41) is 3.23. The first-order valence-corrected chi connectivity index (χ1v) is 7.50. The molecule has 0 saturated carbocycles. The predicted octanol–water partition coefficient (Wildman–Crippen LogP) is 2.31. The number of carbonyl (C=O) groups excluding carboxylic acids is 2. The van der Waals surface area contributed by atoms with Gasteiger partial charge in [-0.15, -0.1) is 0 Å². The summed E-state index contributed by atoms with van der Waals surface area (Å²) in [6.45, 7) is 11.9. The van der Waals surface area contributed by atoms with Gasteiger partial charge in [-0.2, -0.15) is 0 Å². The number of esters is 2. The first-order chi connectivity index (χ1) is 9.81. The lowest BCUT2D eigenvalue weighted by atomic mass is 9.78. The molecule has 0 aliphatic carbocycles. The Morgan fingerprint density at radius 1 is 1.14 bits per heavy atom. The summed E-state index contributed by atoms with van der Waals surface area (Å²) < 4.78 is 9.80. The van der Waals surface area contributed by atoms with Gasteiger partial charge in [0, 0.05) is 12.6 Å². The third kappa shape index (κ3) is 10.1. The smallest absolute Gasteiger partial charge is 0.330 e. The lowest BCUT2D eigenvalue weighted by molar-refractivity contribution is -0.145. The van der Waals surface area contributed by atoms with E-state index in [-0.39, 0.29) is 23.3 Å². The molecule has 0 bridgehead atoms. The maximum absolute atomic E-state index is 11.6. The molecular weight excluding hydrogens is 270 g/mol. The molecule has 0 aromatic rings. The van der Waals surface area contributed by atoms with Gasteiger partial charge in [0.1, 0.15) is 0 Å². The second-order valence-corrected chi connectivity index (χ2v) is 5.88. The summed E-state index contributed by atoms with van der Waals surface area (Å²) >= 11 is 0. The average molecular weight is 299 g/mol. The van der Waals surface area contributed by atoms with Crippen molar-refractivity contribution in [3.8, 4) is 0 Å². The molecule has 21 heavy (non-hydrogen) atoms. The van der Waals surface area contributed by atoms with Crippen molar-refractivity contribution in [1.29, 1.82) is 0 Å². The lowest BCUT2D eigenvalue weighted by Gasteiger charge is -2.30. The third-order valence-corrected chi connectivity index (χ3v) is 3.14. The maximum Gasteiger partial charge on any atom is 0.330 e. The monoisotopic (exact) mass is 299 g/mol. The minimum Gasteiger partial charge on any atom is -0.466 e. The highest BCUT2D eigenvalue weighted by atomic mass is 16.5. The van der Waals surface area contributed by atoms with Crippen LogP contribution in [0.15, 0.2) is 12.2 Å². The van der Waals surface area contributed by atoms with Crippen LogP contribution in [0.5, 0.6) is 0 Å². The highest BCUT2D eigenvalue weighted by molar-refractivity contribution is 5.81. The fourth-order valence-electron chi connectivity index (χ4n) is 1.79. The van der Waals surface area contributed by atoms with Crippen molar-refractivity contribution in [2.24, 2.45) is 11.3 Å². The van der Waals surface area contributed by atoms with Crippen LogP contribution in [0, 0.1) is 11.3 Å². The minimum atomic E-state index is -0.335. The minimum absolute atomic E-state index is 0.00458. The zero-order chi connectivity index (χ0) is 16.3. The fraction of sp³-hybridized carbons (Fsp3) is 0.750. The zero-order valence-electron chi connectivity index (χ0n) is 13.9. The third-order valence-electron chi connectivity index (χ3n) is 3.14. The molecule has 0 aromatic heterocycles. The van der Waals surface area contributed by atoms with Gasteiger partial charge in [-0.05, 0) is 31.7 Å². The standard InChI is InChI=1S/C16H29NO4/c1-6-20-14(18)9-8-10-17-12-13(16(3,4)5)11-15(19)21-7-2/h8-9,13,17H,6-7,10-12H2,1-5H3/b9-8-. The largest absolute Gasteiger partial charge is 0.466 e. The summed E-state index contributed by atoms with van der Waals surface area (Å²) in [5.41, 5.74) is 0.00458. The van der Waals surface area contributed by atoms with Crippen molar-refractivity contribution < 1.29 is 19.1 Å². The van der Waals surface area contributed by atoms with E-state index >= 15 is 0 Å². The molecule has 1 N–H and O–H groups in total. The van der Waals surface area contributed by atoms with E-state index in [4.69, 9.17) is 9.47 Å². The average Bonchev–Trinajstić information content (AvgIpc) is 2.36. The van der Waals surface area contributed by atoms with E-state index in [2.05, 4.69) is 26.1 Å². The Kier molecular flexibility index (Phi) is 9.71. The number of ether oxygens (including phenoxy) is 2. The molecule has 1 atom stereocenters. The van der Waals surface area contributed by atoms with Crippen LogP contribution < -0.4 is 5.32 Å². The Hall–Kier alpha value is -1.36. The molecule has 0 aliphatic rings. The molecule has 0 spiro atoms. The van der Waals surface area contributed by atoms with E-state index in [9.17, 15) is 9.59 Å². The Morgan fingerprint density at radius 2 is 1.76 bits per heavy atom. The molecule has 0 radical (unpaired) electrons. The Balaban J connectivity index is 4.20. The van der Waals surface area contributed by atoms with Crippen molar-refractivity contribution in [3.05, 3.63) is 12.2 Å². The lowest BCUT2D eigenvalue weighted by Crippen LogP contribution is -2.34. The van der Waals surface area contributed by atoms with Crippen molar-refractivity contribution in [3.63, 3.8) is 0 Å². The highest BCUT2D eigenvalue weighted by Crippen LogP contribution is 2.28. The van der Waals surface area contributed by atoms with Gasteiger partial charge in [-0.1, -0.05) is 26.8 Å². The first-order valence-electron chi connectivity index (χ1n) is 7.50. The van der Waals surface area contributed by atoms with E-state index in [1.54, 1.807) is 13.0 Å². The van der Waals surface area contributed by atoms with Crippen molar-refractivity contribution in [2.45, 2.75) is 41.0 Å². The summed E-state index contributed by atoms with van der Waals surface area (Å²) in [4.78, 5) is 22.7. The van der Waals surface area contributed by atoms with Crippen molar-refractivity contribution >= 4 is 11.9 Å². The van der Waals surface area contributed by atoms with Crippen LogP contribution >= 0.6 is 0 Å². The summed E-state index contributed by atoms with van der Waals surface area (Å²) in [5.74, 6) is -0.327. The quantitative estimate of drug-likeness (QED) is 0.402. The SMILES string of the molecule is CCOC(=O)/C=C\CNCC(CC(=O)OCC)C(C)(C)C. The number of carbonyl (C=O) groups is 2. The maximum atomic E-state index is 11.6. The van der Waals surface area contributed by atoms with Crippen LogP contribution in [-0.2, 0) is 19.1 Å². The molecule has 0 heterocycles. The topological polar surface area (TPSA) is 64.6 Å². The van der Waals surface area contributed by atoms with E-state index in [0.29, 0.717) is 32.7 Å². The Labute approximate surface area is 128 Å². The molecule has 0 amide bonds. The highest BCUT2D eigenvalue weighted by Gasteiger charge is 2.27. The summed E-state index contributed by atoms with van der Waals surface area (Å²) in [6.07, 6.45) is 3.53. The molecule has 5 heteroatoms. The van der Waals surface area contributed by atoms with Crippen LogP contribution in [0.4, 0.5) is 0 Å². The van der Waals surface area contributed by atoms with E-state index < -0.39 is 0 Å². The molecule has 0 saturated heterocycles. The van der Waals surface area contributed by atoms with Gasteiger partial charge in [-0.3, -0.25) is 4.79 Å². The molecule has 5 nitrogen and oxygen atoms in total. The molecule has 0 rings (SSSR count). The van der Waals surface area contributed by atoms with Gasteiger partial charge < -0.3 is 14.8 Å². The molecule has 0 fully saturated rings. The molecule has 122 valence electrons. The number of hydrogen-bond donors (Lipinski definition) is 1. The first kappa shape index (κ1) is 19.6. The van der Waals surface area contributed by atoms with E-state index in [1.165, 1.54) is 6.08 Å². The van der Waals surface area contributed by atoms with Gasteiger partial charge in [0.15, 0.2) is 0 Å². The normalized spacial score (nSPS) is 13.2. The summed E-state index contributed by atoms with van der Waals surface area (Å²) in [7, 11) is 0. The Bertz CT molecular complexity index is 345. The van der Waals surface area contributed by atoms with Crippen LogP contribution in [0.3, 0.4) is 0 Å². The van der Waals surface area contributed by atoms with Crippen LogP contribution in [0.25, 0.3) is 0 Å². The van der Waals surface area contributed by atoms with Crippen LogP contribution in [0.1, 0.15) is 41.0 Å².